The molecular weight excluding hydrogens is 341 g/mol. The fourth-order valence-corrected chi connectivity index (χ4v) is 4.68. The molecule has 1 aliphatic heterocycles. The molecule has 0 saturated carbocycles. The van der Waals surface area contributed by atoms with Gasteiger partial charge in [0.05, 0.1) is 6.54 Å². The first-order valence-electron chi connectivity index (χ1n) is 7.15. The zero-order valence-electron chi connectivity index (χ0n) is 12.4. The van der Waals surface area contributed by atoms with Crippen molar-refractivity contribution in [3.8, 4) is 5.75 Å². The van der Waals surface area contributed by atoms with Crippen molar-refractivity contribution >= 4 is 35.4 Å². The Labute approximate surface area is 142 Å². The molecule has 8 heteroatoms. The Morgan fingerprint density at radius 1 is 1.35 bits per heavy atom. The van der Waals surface area contributed by atoms with Gasteiger partial charge in [0, 0.05) is 28.9 Å². The number of hydrogen-bond acceptors (Lipinski definition) is 5. The van der Waals surface area contributed by atoms with E-state index in [1.165, 1.54) is 24.3 Å². The van der Waals surface area contributed by atoms with Crippen LogP contribution in [0.25, 0.3) is 0 Å². The molecule has 2 atom stereocenters. The normalized spacial score (nSPS) is 18.9. The van der Waals surface area contributed by atoms with Crippen molar-refractivity contribution in [1.29, 1.82) is 0 Å². The Bertz CT molecular complexity index is 535. The average Bonchev–Trinajstić information content (AvgIpc) is 2.54. The number of carbonyl (C=O) groups is 2. The van der Waals surface area contributed by atoms with Gasteiger partial charge < -0.3 is 15.2 Å². The fraction of sp³-hybridized carbons (Fsp3) is 0.467. The molecule has 2 rings (SSSR count). The molecule has 2 unspecified atom stereocenters. The van der Waals surface area contributed by atoms with E-state index in [0.717, 1.165) is 17.3 Å². The number of thioether (sulfide) groups is 2. The van der Waals surface area contributed by atoms with Gasteiger partial charge in [0.25, 0.3) is 0 Å². The maximum absolute atomic E-state index is 12.8. The summed E-state index contributed by atoms with van der Waals surface area (Å²) in [5.74, 6) is 1.53. The number of halogens is 1. The SMILES string of the molecule is O=C(CC1CSCCS1)NCC(Oc1ccc(F)cc1)C(=O)O. The van der Waals surface area contributed by atoms with Crippen molar-refractivity contribution < 1.29 is 23.8 Å². The summed E-state index contributed by atoms with van der Waals surface area (Å²) in [5, 5.41) is 12.0. The van der Waals surface area contributed by atoms with Gasteiger partial charge in [0.2, 0.25) is 12.0 Å². The smallest absolute Gasteiger partial charge is 0.346 e. The molecule has 1 aromatic rings. The first-order chi connectivity index (χ1) is 11.0. The van der Waals surface area contributed by atoms with Crippen molar-refractivity contribution in [3.05, 3.63) is 30.1 Å². The van der Waals surface area contributed by atoms with Crippen LogP contribution in [0.4, 0.5) is 4.39 Å². The monoisotopic (exact) mass is 359 g/mol. The summed E-state index contributed by atoms with van der Waals surface area (Å²) in [6.45, 7) is -0.129. The number of rotatable bonds is 7. The third kappa shape index (κ3) is 6.31. The number of carboxylic acids is 1. The third-order valence-corrected chi connectivity index (χ3v) is 5.99. The summed E-state index contributed by atoms with van der Waals surface area (Å²) in [6, 6.07) is 5.07. The highest BCUT2D eigenvalue weighted by Crippen LogP contribution is 2.26. The molecule has 1 amide bonds. The van der Waals surface area contributed by atoms with Crippen LogP contribution in [0, 0.1) is 5.82 Å². The molecule has 0 spiro atoms. The van der Waals surface area contributed by atoms with E-state index in [1.54, 1.807) is 11.8 Å². The Morgan fingerprint density at radius 3 is 2.70 bits per heavy atom. The first-order valence-corrected chi connectivity index (χ1v) is 9.36. The van der Waals surface area contributed by atoms with Crippen LogP contribution in [0.5, 0.6) is 5.75 Å². The molecule has 1 aromatic carbocycles. The molecule has 0 aliphatic carbocycles. The van der Waals surface area contributed by atoms with E-state index in [4.69, 9.17) is 9.84 Å². The molecule has 5 nitrogen and oxygen atoms in total. The molecular formula is C15H18FNO4S2. The quantitative estimate of drug-likeness (QED) is 0.776. The number of carboxylic acid groups (broad SMARTS) is 1. The predicted octanol–water partition coefficient (Wildman–Crippen LogP) is 2.01. The summed E-state index contributed by atoms with van der Waals surface area (Å²) in [5.41, 5.74) is 0. The maximum atomic E-state index is 12.8. The van der Waals surface area contributed by atoms with Crippen LogP contribution in [0.15, 0.2) is 24.3 Å². The minimum absolute atomic E-state index is 0.129. The average molecular weight is 359 g/mol. The highest BCUT2D eigenvalue weighted by Gasteiger charge is 2.22. The lowest BCUT2D eigenvalue weighted by atomic mass is 10.3. The van der Waals surface area contributed by atoms with Crippen molar-refractivity contribution in [2.75, 3.05) is 23.8 Å². The molecule has 1 saturated heterocycles. The predicted molar refractivity (Wildman–Crippen MR) is 89.6 cm³/mol. The van der Waals surface area contributed by atoms with Crippen LogP contribution in [0.3, 0.4) is 0 Å². The summed E-state index contributed by atoms with van der Waals surface area (Å²) in [7, 11) is 0. The lowest BCUT2D eigenvalue weighted by Gasteiger charge is -2.21. The van der Waals surface area contributed by atoms with Crippen molar-refractivity contribution in [2.45, 2.75) is 17.8 Å². The second-order valence-corrected chi connectivity index (χ2v) is 7.53. The van der Waals surface area contributed by atoms with E-state index in [0.29, 0.717) is 6.42 Å². The van der Waals surface area contributed by atoms with Crippen LogP contribution in [0.2, 0.25) is 0 Å². The number of carbonyl (C=O) groups excluding carboxylic acids is 1. The fourth-order valence-electron chi connectivity index (χ4n) is 2.00. The number of ether oxygens (including phenoxy) is 1. The van der Waals surface area contributed by atoms with Crippen LogP contribution in [0.1, 0.15) is 6.42 Å². The number of aliphatic carboxylic acids is 1. The highest BCUT2D eigenvalue weighted by atomic mass is 32.2. The highest BCUT2D eigenvalue weighted by molar-refractivity contribution is 8.06. The molecule has 1 aliphatic rings. The molecule has 2 N–H and O–H groups in total. The van der Waals surface area contributed by atoms with E-state index in [9.17, 15) is 14.0 Å². The lowest BCUT2D eigenvalue weighted by molar-refractivity contribution is -0.145. The van der Waals surface area contributed by atoms with Gasteiger partial charge in [-0.15, -0.1) is 0 Å². The minimum Gasteiger partial charge on any atom is -0.478 e. The van der Waals surface area contributed by atoms with Gasteiger partial charge in [-0.1, -0.05) is 0 Å². The topological polar surface area (TPSA) is 75.6 Å². The number of nitrogens with one attached hydrogen (secondary N) is 1. The standard InChI is InChI=1S/C15H18FNO4S2/c16-10-1-3-11(4-2-10)21-13(15(19)20)8-17-14(18)7-12-9-22-5-6-23-12/h1-4,12-13H,5-9H2,(H,17,18)(H,19,20). The molecule has 126 valence electrons. The number of amides is 1. The summed E-state index contributed by atoms with van der Waals surface area (Å²) in [6.07, 6.45) is -0.835. The largest absolute Gasteiger partial charge is 0.478 e. The second kappa shape index (κ2) is 9.02. The summed E-state index contributed by atoms with van der Waals surface area (Å²) < 4.78 is 18.1. The zero-order chi connectivity index (χ0) is 16.7. The van der Waals surface area contributed by atoms with Crippen LogP contribution in [-0.4, -0.2) is 52.1 Å². The van der Waals surface area contributed by atoms with E-state index in [1.807, 2.05) is 11.8 Å². The van der Waals surface area contributed by atoms with E-state index >= 15 is 0 Å². The zero-order valence-corrected chi connectivity index (χ0v) is 14.0. The Hall–Kier alpha value is -1.41. The van der Waals surface area contributed by atoms with E-state index in [2.05, 4.69) is 5.32 Å². The maximum Gasteiger partial charge on any atom is 0.346 e. The summed E-state index contributed by atoms with van der Waals surface area (Å²) >= 11 is 3.60. The van der Waals surface area contributed by atoms with Gasteiger partial charge in [-0.25, -0.2) is 9.18 Å². The molecule has 0 bridgehead atoms. The molecule has 1 fully saturated rings. The van der Waals surface area contributed by atoms with Gasteiger partial charge in [0.1, 0.15) is 11.6 Å². The Kier molecular flexibility index (Phi) is 7.04. The van der Waals surface area contributed by atoms with Crippen molar-refractivity contribution in [1.82, 2.24) is 5.32 Å². The van der Waals surface area contributed by atoms with Crippen molar-refractivity contribution in [2.24, 2.45) is 0 Å². The molecule has 0 radical (unpaired) electrons. The van der Waals surface area contributed by atoms with Crippen LogP contribution in [-0.2, 0) is 9.59 Å². The molecule has 23 heavy (non-hydrogen) atoms. The number of benzene rings is 1. The van der Waals surface area contributed by atoms with Gasteiger partial charge in [0.15, 0.2) is 0 Å². The molecule has 1 heterocycles. The van der Waals surface area contributed by atoms with Crippen LogP contribution >= 0.6 is 23.5 Å². The molecule has 0 aromatic heterocycles. The van der Waals surface area contributed by atoms with Gasteiger partial charge >= 0.3 is 5.97 Å². The summed E-state index contributed by atoms with van der Waals surface area (Å²) in [4.78, 5) is 23.1. The minimum atomic E-state index is -1.21. The van der Waals surface area contributed by atoms with E-state index < -0.39 is 17.9 Å². The van der Waals surface area contributed by atoms with Crippen molar-refractivity contribution in [3.63, 3.8) is 0 Å². The Balaban J connectivity index is 1.80. The van der Waals surface area contributed by atoms with Gasteiger partial charge in [-0.3, -0.25) is 4.79 Å². The third-order valence-electron chi connectivity index (χ3n) is 3.15. The lowest BCUT2D eigenvalue weighted by Crippen LogP contribution is -2.41. The first kappa shape index (κ1) is 17.9. The Morgan fingerprint density at radius 2 is 2.09 bits per heavy atom. The van der Waals surface area contributed by atoms with E-state index in [-0.39, 0.29) is 23.5 Å². The van der Waals surface area contributed by atoms with Gasteiger partial charge in [-0.05, 0) is 24.3 Å². The number of hydrogen-bond donors (Lipinski definition) is 2. The van der Waals surface area contributed by atoms with Crippen LogP contribution < -0.4 is 10.1 Å². The second-order valence-electron chi connectivity index (χ2n) is 4.97. The van der Waals surface area contributed by atoms with Gasteiger partial charge in [-0.2, -0.15) is 23.5 Å².